The first kappa shape index (κ1) is 16.1. The number of ketones is 1. The van der Waals surface area contributed by atoms with Crippen LogP contribution in [0.15, 0.2) is 65.4 Å². The summed E-state index contributed by atoms with van der Waals surface area (Å²) < 4.78 is 18.5. The molecule has 3 nitrogen and oxygen atoms in total. The van der Waals surface area contributed by atoms with Crippen LogP contribution in [0.2, 0.25) is 0 Å². The number of Topliss-reactive ketones (excluding diaryl/α,β-unsaturated/α-hetero) is 1. The highest BCUT2D eigenvalue weighted by Crippen LogP contribution is 2.23. The summed E-state index contributed by atoms with van der Waals surface area (Å²) in [6.45, 7) is 0. The lowest BCUT2D eigenvalue weighted by Crippen LogP contribution is -2.03. The van der Waals surface area contributed by atoms with Crippen LogP contribution in [0.3, 0.4) is 0 Å². The van der Waals surface area contributed by atoms with Crippen LogP contribution in [-0.4, -0.2) is 10.9 Å². The monoisotopic (exact) mass is 323 g/mol. The molecular weight excluding hydrogens is 305 g/mol. The standard InChI is InChI=1S/C20H18FNO2/c21-20-7-2-1-6-19(20)16-10-8-15(9-11-16)4-3-5-18(23)14-17-12-13-24-22-17/h1-2,6-13H,3-5,14H2. The van der Waals surface area contributed by atoms with Crippen molar-refractivity contribution in [3.8, 4) is 11.1 Å². The van der Waals surface area contributed by atoms with Gasteiger partial charge >= 0.3 is 0 Å². The van der Waals surface area contributed by atoms with Crippen LogP contribution in [-0.2, 0) is 17.6 Å². The molecule has 0 aliphatic carbocycles. The molecule has 3 aromatic rings. The van der Waals surface area contributed by atoms with Gasteiger partial charge in [0.25, 0.3) is 0 Å². The maximum absolute atomic E-state index is 13.8. The van der Waals surface area contributed by atoms with E-state index < -0.39 is 0 Å². The van der Waals surface area contributed by atoms with E-state index in [-0.39, 0.29) is 11.6 Å². The fraction of sp³-hybridized carbons (Fsp3) is 0.200. The molecule has 0 N–H and O–H groups in total. The lowest BCUT2D eigenvalue weighted by molar-refractivity contribution is -0.118. The number of rotatable bonds is 7. The van der Waals surface area contributed by atoms with E-state index in [2.05, 4.69) is 5.16 Å². The number of carbonyl (C=O) groups is 1. The minimum Gasteiger partial charge on any atom is -0.364 e. The van der Waals surface area contributed by atoms with Gasteiger partial charge in [-0.3, -0.25) is 4.79 Å². The van der Waals surface area contributed by atoms with E-state index in [1.165, 1.54) is 12.3 Å². The van der Waals surface area contributed by atoms with E-state index in [0.29, 0.717) is 24.1 Å². The van der Waals surface area contributed by atoms with Crippen LogP contribution in [0.1, 0.15) is 24.1 Å². The number of hydrogen-bond acceptors (Lipinski definition) is 3. The molecule has 0 aliphatic rings. The fourth-order valence-electron chi connectivity index (χ4n) is 2.66. The smallest absolute Gasteiger partial charge is 0.138 e. The molecular formula is C20H18FNO2. The average molecular weight is 323 g/mol. The molecule has 0 spiro atoms. The predicted octanol–water partition coefficient (Wildman–Crippen LogP) is 4.62. The van der Waals surface area contributed by atoms with Crippen LogP contribution in [0.4, 0.5) is 4.39 Å². The molecule has 1 aromatic heterocycles. The van der Waals surface area contributed by atoms with Crippen LogP contribution in [0.25, 0.3) is 11.1 Å². The van der Waals surface area contributed by atoms with E-state index >= 15 is 0 Å². The Kier molecular flexibility index (Phi) is 5.16. The van der Waals surface area contributed by atoms with Gasteiger partial charge in [0.2, 0.25) is 0 Å². The lowest BCUT2D eigenvalue weighted by atomic mass is 10.0. The third-order valence-corrected chi connectivity index (χ3v) is 3.93. The van der Waals surface area contributed by atoms with Crippen molar-refractivity contribution in [3.05, 3.63) is 77.9 Å². The molecule has 4 heteroatoms. The molecule has 0 saturated carbocycles. The molecule has 0 bridgehead atoms. The highest BCUT2D eigenvalue weighted by atomic mass is 19.1. The SMILES string of the molecule is O=C(CCCc1ccc(-c2ccccc2F)cc1)Cc1ccon1. The van der Waals surface area contributed by atoms with Crippen LogP contribution in [0.5, 0.6) is 0 Å². The van der Waals surface area contributed by atoms with E-state index in [1.54, 1.807) is 18.2 Å². The largest absolute Gasteiger partial charge is 0.364 e. The van der Waals surface area contributed by atoms with Gasteiger partial charge in [0.05, 0.1) is 12.1 Å². The average Bonchev–Trinajstić information content (AvgIpc) is 3.09. The van der Waals surface area contributed by atoms with Gasteiger partial charge in [0.1, 0.15) is 17.9 Å². The molecule has 122 valence electrons. The summed E-state index contributed by atoms with van der Waals surface area (Å²) >= 11 is 0. The zero-order chi connectivity index (χ0) is 16.8. The summed E-state index contributed by atoms with van der Waals surface area (Å²) in [7, 11) is 0. The summed E-state index contributed by atoms with van der Waals surface area (Å²) in [5.41, 5.74) is 3.28. The molecule has 0 fully saturated rings. The first-order chi connectivity index (χ1) is 11.7. The molecule has 3 rings (SSSR count). The third-order valence-electron chi connectivity index (χ3n) is 3.93. The van der Waals surface area contributed by atoms with Gasteiger partial charge in [-0.25, -0.2) is 4.39 Å². The summed E-state index contributed by atoms with van der Waals surface area (Å²) in [5.74, 6) is -0.0596. The number of carbonyl (C=O) groups excluding carboxylic acids is 1. The number of hydrogen-bond donors (Lipinski definition) is 0. The second kappa shape index (κ2) is 7.68. The summed E-state index contributed by atoms with van der Waals surface area (Å²) in [4.78, 5) is 11.9. The number of nitrogens with zero attached hydrogens (tertiary/aromatic N) is 1. The second-order valence-corrected chi connectivity index (χ2v) is 5.74. The van der Waals surface area contributed by atoms with Crippen LogP contribution >= 0.6 is 0 Å². The molecule has 0 unspecified atom stereocenters. The van der Waals surface area contributed by atoms with Gasteiger partial charge in [-0.2, -0.15) is 0 Å². The van der Waals surface area contributed by atoms with Gasteiger partial charge in [-0.05, 0) is 30.0 Å². The molecule has 0 saturated heterocycles. The molecule has 0 radical (unpaired) electrons. The Bertz CT molecular complexity index is 795. The zero-order valence-corrected chi connectivity index (χ0v) is 13.2. The first-order valence-corrected chi connectivity index (χ1v) is 7.97. The zero-order valence-electron chi connectivity index (χ0n) is 13.2. The van der Waals surface area contributed by atoms with Crippen molar-refractivity contribution >= 4 is 5.78 Å². The molecule has 2 aromatic carbocycles. The topological polar surface area (TPSA) is 43.1 Å². The highest BCUT2D eigenvalue weighted by Gasteiger charge is 2.07. The fourth-order valence-corrected chi connectivity index (χ4v) is 2.66. The summed E-state index contributed by atoms with van der Waals surface area (Å²) in [6, 6.07) is 16.3. The molecule has 0 amide bonds. The number of halogens is 1. The Morgan fingerprint density at radius 1 is 1.04 bits per heavy atom. The maximum Gasteiger partial charge on any atom is 0.138 e. The van der Waals surface area contributed by atoms with Gasteiger partial charge in [0.15, 0.2) is 0 Å². The van der Waals surface area contributed by atoms with E-state index in [0.717, 1.165) is 24.0 Å². The Morgan fingerprint density at radius 2 is 1.83 bits per heavy atom. The van der Waals surface area contributed by atoms with Crippen molar-refractivity contribution in [2.75, 3.05) is 0 Å². The number of benzene rings is 2. The normalized spacial score (nSPS) is 10.7. The number of aromatic nitrogens is 1. The van der Waals surface area contributed by atoms with Crippen molar-refractivity contribution in [2.24, 2.45) is 0 Å². The van der Waals surface area contributed by atoms with Gasteiger partial charge in [-0.15, -0.1) is 0 Å². The lowest BCUT2D eigenvalue weighted by Gasteiger charge is -2.05. The van der Waals surface area contributed by atoms with Gasteiger partial charge in [-0.1, -0.05) is 47.6 Å². The van der Waals surface area contributed by atoms with Gasteiger partial charge in [0, 0.05) is 18.1 Å². The van der Waals surface area contributed by atoms with Gasteiger partial charge < -0.3 is 4.52 Å². The Labute approximate surface area is 140 Å². The van der Waals surface area contributed by atoms with E-state index in [9.17, 15) is 9.18 Å². The van der Waals surface area contributed by atoms with Crippen molar-refractivity contribution < 1.29 is 13.7 Å². The minimum atomic E-state index is -0.219. The van der Waals surface area contributed by atoms with E-state index in [1.807, 2.05) is 30.3 Å². The third kappa shape index (κ3) is 4.16. The van der Waals surface area contributed by atoms with Crippen LogP contribution in [0, 0.1) is 5.82 Å². The second-order valence-electron chi connectivity index (χ2n) is 5.74. The number of aryl methyl sites for hydroxylation is 1. The molecule has 24 heavy (non-hydrogen) atoms. The molecule has 0 aliphatic heterocycles. The Hall–Kier alpha value is -2.75. The van der Waals surface area contributed by atoms with E-state index in [4.69, 9.17) is 4.52 Å². The maximum atomic E-state index is 13.8. The highest BCUT2D eigenvalue weighted by molar-refractivity contribution is 5.80. The minimum absolute atomic E-state index is 0.159. The Morgan fingerprint density at radius 3 is 2.54 bits per heavy atom. The predicted molar refractivity (Wildman–Crippen MR) is 90.0 cm³/mol. The van der Waals surface area contributed by atoms with Crippen LogP contribution < -0.4 is 0 Å². The van der Waals surface area contributed by atoms with Crippen molar-refractivity contribution in [1.82, 2.24) is 5.16 Å². The summed E-state index contributed by atoms with van der Waals surface area (Å²) in [6.07, 6.45) is 3.92. The van der Waals surface area contributed by atoms with Crippen molar-refractivity contribution in [3.63, 3.8) is 0 Å². The molecule has 1 heterocycles. The summed E-state index contributed by atoms with van der Waals surface area (Å²) in [5, 5.41) is 3.74. The quantitative estimate of drug-likeness (QED) is 0.637. The van der Waals surface area contributed by atoms with Crippen molar-refractivity contribution in [2.45, 2.75) is 25.7 Å². The van der Waals surface area contributed by atoms with Crippen molar-refractivity contribution in [1.29, 1.82) is 0 Å². The Balaban J connectivity index is 1.51. The first-order valence-electron chi connectivity index (χ1n) is 7.97. The molecule has 0 atom stereocenters.